The predicted molar refractivity (Wildman–Crippen MR) is 114 cm³/mol. The molecule has 2 aromatic heterocycles. The summed E-state index contributed by atoms with van der Waals surface area (Å²) in [6, 6.07) is 19.1. The Balaban J connectivity index is 0.00000124. The van der Waals surface area contributed by atoms with Crippen LogP contribution in [-0.2, 0) is 6.54 Å². The summed E-state index contributed by atoms with van der Waals surface area (Å²) in [6.45, 7) is 0.621. The number of fused-ring (bicyclic) bond motifs is 1. The third-order valence-corrected chi connectivity index (χ3v) is 4.07. The molecule has 0 aliphatic heterocycles. The van der Waals surface area contributed by atoms with E-state index in [0.29, 0.717) is 29.6 Å². The van der Waals surface area contributed by atoms with Gasteiger partial charge in [-0.25, -0.2) is 0 Å². The quantitative estimate of drug-likeness (QED) is 0.449. The molecule has 8 nitrogen and oxygen atoms in total. The van der Waals surface area contributed by atoms with Crippen LogP contribution in [0, 0.1) is 0 Å². The Labute approximate surface area is 173 Å². The summed E-state index contributed by atoms with van der Waals surface area (Å²) < 4.78 is 11.6. The molecule has 0 bridgehead atoms. The maximum absolute atomic E-state index is 11.7. The zero-order valence-electron chi connectivity index (χ0n) is 16.6. The number of oxazole rings is 1. The number of amides is 1. The van der Waals surface area contributed by atoms with Gasteiger partial charge in [0.1, 0.15) is 22.7 Å². The molecular formula is C22H22N4O4. The fraction of sp³-hybridized carbons (Fsp3) is 0.136. The van der Waals surface area contributed by atoms with E-state index >= 15 is 0 Å². The van der Waals surface area contributed by atoms with Gasteiger partial charge in [0, 0.05) is 39.0 Å². The lowest BCUT2D eigenvalue weighted by molar-refractivity contribution is 0.0958. The molecule has 0 radical (unpaired) electrons. The van der Waals surface area contributed by atoms with E-state index < -0.39 is 0 Å². The van der Waals surface area contributed by atoms with Gasteiger partial charge in [-0.15, -0.1) is 0 Å². The number of aliphatic hydroxyl groups is 1. The van der Waals surface area contributed by atoms with E-state index in [2.05, 4.69) is 20.6 Å². The zero-order chi connectivity index (χ0) is 21.3. The first-order valence-electron chi connectivity index (χ1n) is 9.20. The molecule has 2 aromatic carbocycles. The van der Waals surface area contributed by atoms with Crippen molar-refractivity contribution in [2.24, 2.45) is 0 Å². The summed E-state index contributed by atoms with van der Waals surface area (Å²) in [4.78, 5) is 20.2. The van der Waals surface area contributed by atoms with E-state index in [1.807, 2.05) is 36.4 Å². The van der Waals surface area contributed by atoms with Crippen molar-refractivity contribution in [2.45, 2.75) is 6.54 Å². The Bertz CT molecular complexity index is 1110. The first-order valence-corrected chi connectivity index (χ1v) is 9.20. The van der Waals surface area contributed by atoms with Gasteiger partial charge in [0.25, 0.3) is 11.9 Å². The number of hydrogen-bond acceptors (Lipinski definition) is 7. The average Bonchev–Trinajstić information content (AvgIpc) is 3.21. The molecule has 0 saturated heterocycles. The number of carbonyl (C=O) groups excluding carboxylic acids is 1. The molecule has 154 valence electrons. The Morgan fingerprint density at radius 1 is 1.07 bits per heavy atom. The summed E-state index contributed by atoms with van der Waals surface area (Å²) in [5.74, 6) is 0.812. The smallest absolute Gasteiger partial charge is 0.295 e. The van der Waals surface area contributed by atoms with Crippen molar-refractivity contribution < 1.29 is 19.1 Å². The lowest BCUT2D eigenvalue weighted by Crippen LogP contribution is -2.18. The van der Waals surface area contributed by atoms with Crippen LogP contribution >= 0.6 is 0 Å². The normalized spacial score (nSPS) is 10.1. The average molecular weight is 406 g/mol. The van der Waals surface area contributed by atoms with Crippen molar-refractivity contribution in [3.8, 4) is 11.5 Å². The monoisotopic (exact) mass is 406 g/mol. The van der Waals surface area contributed by atoms with Gasteiger partial charge in [-0.3, -0.25) is 9.78 Å². The summed E-state index contributed by atoms with van der Waals surface area (Å²) in [7, 11) is 2.55. The van der Waals surface area contributed by atoms with Crippen LogP contribution in [0.15, 0.2) is 71.3 Å². The van der Waals surface area contributed by atoms with E-state index in [0.717, 1.165) is 18.2 Å². The standard InChI is InChI=1S/C21H18N4O3.CH4O/c1-22-20(26)18-11-16(9-10-23-18)27-15-7-8-17-19(12-15)28-21(25-17)24-13-14-5-3-2-4-6-14;1-2/h2-12H,13H2,1H3,(H,22,26)(H,24,25);2H,1H3. The molecule has 0 unspecified atom stereocenters. The van der Waals surface area contributed by atoms with Gasteiger partial charge >= 0.3 is 0 Å². The van der Waals surface area contributed by atoms with Crippen LogP contribution in [0.4, 0.5) is 6.01 Å². The van der Waals surface area contributed by atoms with Gasteiger partial charge in [0.2, 0.25) is 0 Å². The van der Waals surface area contributed by atoms with Gasteiger partial charge in [-0.05, 0) is 23.8 Å². The molecule has 2 heterocycles. The topological polar surface area (TPSA) is 110 Å². The minimum atomic E-state index is -0.273. The fourth-order valence-corrected chi connectivity index (χ4v) is 2.68. The van der Waals surface area contributed by atoms with Gasteiger partial charge in [-0.1, -0.05) is 30.3 Å². The largest absolute Gasteiger partial charge is 0.457 e. The first kappa shape index (κ1) is 20.8. The van der Waals surface area contributed by atoms with Crippen molar-refractivity contribution in [3.63, 3.8) is 0 Å². The SMILES string of the molecule is CNC(=O)c1cc(Oc2ccc3nc(NCc4ccccc4)oc3c2)ccn1.CO. The van der Waals surface area contributed by atoms with Gasteiger partial charge < -0.3 is 24.9 Å². The van der Waals surface area contributed by atoms with Crippen LogP contribution < -0.4 is 15.4 Å². The molecule has 8 heteroatoms. The third kappa shape index (κ3) is 5.12. The molecule has 3 N–H and O–H groups in total. The summed E-state index contributed by atoms with van der Waals surface area (Å²) >= 11 is 0. The number of benzene rings is 2. The number of rotatable bonds is 6. The maximum Gasteiger partial charge on any atom is 0.295 e. The number of aromatic nitrogens is 2. The highest BCUT2D eigenvalue weighted by atomic mass is 16.5. The number of carbonyl (C=O) groups is 1. The van der Waals surface area contributed by atoms with Crippen LogP contribution in [0.1, 0.15) is 16.1 Å². The van der Waals surface area contributed by atoms with Crippen LogP contribution in [0.2, 0.25) is 0 Å². The highest BCUT2D eigenvalue weighted by Gasteiger charge is 2.10. The van der Waals surface area contributed by atoms with Crippen molar-refractivity contribution in [1.82, 2.24) is 15.3 Å². The number of anilines is 1. The predicted octanol–water partition coefficient (Wildman–Crippen LogP) is 3.60. The Kier molecular flexibility index (Phi) is 6.96. The molecule has 1 amide bonds. The highest BCUT2D eigenvalue weighted by Crippen LogP contribution is 2.27. The van der Waals surface area contributed by atoms with Crippen LogP contribution in [-0.4, -0.2) is 35.1 Å². The Morgan fingerprint density at radius 3 is 2.60 bits per heavy atom. The minimum Gasteiger partial charge on any atom is -0.457 e. The minimum absolute atomic E-state index is 0.273. The van der Waals surface area contributed by atoms with Crippen molar-refractivity contribution in [3.05, 3.63) is 78.1 Å². The number of pyridine rings is 1. The fourth-order valence-electron chi connectivity index (χ4n) is 2.68. The Hall–Kier alpha value is -3.91. The lowest BCUT2D eigenvalue weighted by Gasteiger charge is -2.06. The second-order valence-electron chi connectivity index (χ2n) is 6.05. The first-order chi connectivity index (χ1) is 14.7. The van der Waals surface area contributed by atoms with E-state index in [1.54, 1.807) is 31.3 Å². The van der Waals surface area contributed by atoms with Gasteiger partial charge in [0.05, 0.1) is 0 Å². The van der Waals surface area contributed by atoms with Gasteiger partial charge in [0.15, 0.2) is 5.58 Å². The second-order valence-corrected chi connectivity index (χ2v) is 6.05. The summed E-state index contributed by atoms with van der Waals surface area (Å²) in [5, 5.41) is 12.7. The molecule has 0 aliphatic rings. The van der Waals surface area contributed by atoms with Gasteiger partial charge in [-0.2, -0.15) is 4.98 Å². The molecule has 0 atom stereocenters. The molecular weight excluding hydrogens is 384 g/mol. The molecule has 30 heavy (non-hydrogen) atoms. The van der Waals surface area contributed by atoms with Crippen molar-refractivity contribution >= 4 is 23.0 Å². The van der Waals surface area contributed by atoms with Crippen molar-refractivity contribution in [1.29, 1.82) is 0 Å². The van der Waals surface area contributed by atoms with Crippen LogP contribution in [0.25, 0.3) is 11.1 Å². The summed E-state index contributed by atoms with van der Waals surface area (Å²) in [6.07, 6.45) is 1.53. The number of hydrogen-bond donors (Lipinski definition) is 3. The van der Waals surface area contributed by atoms with Crippen molar-refractivity contribution in [2.75, 3.05) is 19.5 Å². The maximum atomic E-state index is 11.7. The number of nitrogens with zero attached hydrogens (tertiary/aromatic N) is 2. The molecule has 0 spiro atoms. The summed E-state index contributed by atoms with van der Waals surface area (Å²) in [5.41, 5.74) is 2.75. The lowest BCUT2D eigenvalue weighted by atomic mass is 10.2. The Morgan fingerprint density at radius 2 is 1.83 bits per heavy atom. The second kappa shape index (κ2) is 10.0. The molecule has 4 aromatic rings. The third-order valence-electron chi connectivity index (χ3n) is 4.07. The van der Waals surface area contributed by atoms with E-state index in [9.17, 15) is 4.79 Å². The molecule has 0 fully saturated rings. The number of nitrogens with one attached hydrogen (secondary N) is 2. The van der Waals surface area contributed by atoms with E-state index in [-0.39, 0.29) is 11.6 Å². The van der Waals surface area contributed by atoms with Crippen LogP contribution in [0.5, 0.6) is 11.5 Å². The molecule has 0 aliphatic carbocycles. The highest BCUT2D eigenvalue weighted by molar-refractivity contribution is 5.92. The van der Waals surface area contributed by atoms with Crippen LogP contribution in [0.3, 0.4) is 0 Å². The number of aliphatic hydroxyl groups excluding tert-OH is 1. The van der Waals surface area contributed by atoms with E-state index in [1.165, 1.54) is 6.20 Å². The molecule has 4 rings (SSSR count). The zero-order valence-corrected chi connectivity index (χ0v) is 16.6. The van der Waals surface area contributed by atoms with E-state index in [4.69, 9.17) is 14.3 Å². The molecule has 0 saturated carbocycles. The number of ether oxygens (including phenoxy) is 1.